The van der Waals surface area contributed by atoms with Gasteiger partial charge in [0, 0.05) is 11.6 Å². The van der Waals surface area contributed by atoms with Gasteiger partial charge in [0.2, 0.25) is 0 Å². The summed E-state index contributed by atoms with van der Waals surface area (Å²) in [6.07, 6.45) is 7.50. The standard InChI is InChI=1S/C19H22O3/c1-5-21-18(20)12-14(2)10-11-16-13-15-8-6-7-9-17(15)22-19(16,3)4/h6-13H,5H2,1-4H3/b11-10+,14-12-. The number of allylic oxidation sites excluding steroid dienone is 2. The van der Waals surface area contributed by atoms with Gasteiger partial charge in [-0.1, -0.05) is 30.4 Å². The number of rotatable bonds is 4. The van der Waals surface area contributed by atoms with Crippen molar-refractivity contribution >= 4 is 12.0 Å². The fraction of sp³-hybridized carbons (Fsp3) is 0.316. The average molecular weight is 298 g/mol. The lowest BCUT2D eigenvalue weighted by Gasteiger charge is -2.32. The van der Waals surface area contributed by atoms with E-state index in [0.29, 0.717) is 6.61 Å². The van der Waals surface area contributed by atoms with Gasteiger partial charge in [0.1, 0.15) is 11.4 Å². The molecular formula is C19H22O3. The quantitative estimate of drug-likeness (QED) is 0.472. The molecule has 0 aromatic heterocycles. The molecule has 0 saturated heterocycles. The van der Waals surface area contributed by atoms with Crippen LogP contribution in [0.1, 0.15) is 33.3 Å². The first kappa shape index (κ1) is 16.1. The Morgan fingerprint density at radius 3 is 2.77 bits per heavy atom. The highest BCUT2D eigenvalue weighted by Crippen LogP contribution is 2.35. The Balaban J connectivity index is 2.23. The Hall–Kier alpha value is -2.29. The smallest absolute Gasteiger partial charge is 0.330 e. The summed E-state index contributed by atoms with van der Waals surface area (Å²) in [5, 5.41) is 0. The number of hydrogen-bond donors (Lipinski definition) is 0. The van der Waals surface area contributed by atoms with Gasteiger partial charge in [0.15, 0.2) is 0 Å². The first-order valence-corrected chi connectivity index (χ1v) is 7.46. The second kappa shape index (κ2) is 6.65. The first-order valence-electron chi connectivity index (χ1n) is 7.46. The molecule has 0 unspecified atom stereocenters. The molecule has 0 fully saturated rings. The number of fused-ring (bicyclic) bond motifs is 1. The highest BCUT2D eigenvalue weighted by Gasteiger charge is 2.28. The first-order chi connectivity index (χ1) is 10.4. The molecule has 22 heavy (non-hydrogen) atoms. The molecule has 0 atom stereocenters. The maximum Gasteiger partial charge on any atom is 0.330 e. The fourth-order valence-corrected chi connectivity index (χ4v) is 2.26. The van der Waals surface area contributed by atoms with Gasteiger partial charge < -0.3 is 9.47 Å². The van der Waals surface area contributed by atoms with Crippen molar-refractivity contribution in [1.82, 2.24) is 0 Å². The van der Waals surface area contributed by atoms with E-state index in [2.05, 4.69) is 6.08 Å². The monoisotopic (exact) mass is 298 g/mol. The van der Waals surface area contributed by atoms with Gasteiger partial charge in [-0.05, 0) is 51.0 Å². The predicted octanol–water partition coefficient (Wildman–Crippen LogP) is 4.31. The van der Waals surface area contributed by atoms with Crippen LogP contribution < -0.4 is 4.74 Å². The summed E-state index contributed by atoms with van der Waals surface area (Å²) < 4.78 is 11.0. The Kier molecular flexibility index (Phi) is 4.86. The highest BCUT2D eigenvalue weighted by molar-refractivity contribution is 5.83. The van der Waals surface area contributed by atoms with Crippen LogP contribution in [0.15, 0.2) is 53.6 Å². The summed E-state index contributed by atoms with van der Waals surface area (Å²) in [5.41, 5.74) is 2.56. The highest BCUT2D eigenvalue weighted by atomic mass is 16.5. The molecule has 0 amide bonds. The van der Waals surface area contributed by atoms with Crippen LogP contribution in [-0.2, 0) is 9.53 Å². The number of carbonyl (C=O) groups excluding carboxylic acids is 1. The molecule has 0 N–H and O–H groups in total. The lowest BCUT2D eigenvalue weighted by atomic mass is 9.91. The van der Waals surface area contributed by atoms with Crippen molar-refractivity contribution < 1.29 is 14.3 Å². The molecule has 116 valence electrons. The van der Waals surface area contributed by atoms with E-state index in [-0.39, 0.29) is 5.97 Å². The third kappa shape index (κ3) is 3.88. The van der Waals surface area contributed by atoms with Crippen molar-refractivity contribution in [3.05, 3.63) is 59.2 Å². The molecular weight excluding hydrogens is 276 g/mol. The van der Waals surface area contributed by atoms with Crippen LogP contribution in [0.5, 0.6) is 5.75 Å². The molecule has 0 spiro atoms. The van der Waals surface area contributed by atoms with Crippen molar-refractivity contribution in [3.8, 4) is 5.75 Å². The molecule has 3 heteroatoms. The minimum atomic E-state index is -0.408. The van der Waals surface area contributed by atoms with Gasteiger partial charge in [0.05, 0.1) is 6.61 Å². The number of esters is 1. The molecule has 1 aliphatic heterocycles. The molecule has 0 saturated carbocycles. The number of hydrogen-bond acceptors (Lipinski definition) is 3. The van der Waals surface area contributed by atoms with Crippen LogP contribution in [-0.4, -0.2) is 18.2 Å². The van der Waals surface area contributed by atoms with Crippen LogP contribution in [0.25, 0.3) is 6.08 Å². The van der Waals surface area contributed by atoms with Crippen molar-refractivity contribution in [2.75, 3.05) is 6.61 Å². The SMILES string of the molecule is CCOC(=O)/C=C(C)\C=C\C1=Cc2ccccc2OC1(C)C. The van der Waals surface area contributed by atoms with Crippen molar-refractivity contribution in [1.29, 1.82) is 0 Å². The summed E-state index contributed by atoms with van der Waals surface area (Å²) in [5.74, 6) is 0.576. The minimum absolute atomic E-state index is 0.317. The molecule has 1 aliphatic rings. The summed E-state index contributed by atoms with van der Waals surface area (Å²) in [7, 11) is 0. The van der Waals surface area contributed by atoms with E-state index in [1.54, 1.807) is 6.92 Å². The van der Waals surface area contributed by atoms with Crippen molar-refractivity contribution in [2.24, 2.45) is 0 Å². The second-order valence-corrected chi connectivity index (χ2v) is 5.72. The zero-order chi connectivity index (χ0) is 16.2. The fourth-order valence-electron chi connectivity index (χ4n) is 2.26. The molecule has 0 aliphatic carbocycles. The van der Waals surface area contributed by atoms with Gasteiger partial charge in [-0.15, -0.1) is 0 Å². The maximum absolute atomic E-state index is 11.4. The number of ether oxygens (including phenoxy) is 2. The maximum atomic E-state index is 11.4. The summed E-state index contributed by atoms with van der Waals surface area (Å²) in [6, 6.07) is 7.96. The molecule has 0 bridgehead atoms. The van der Waals surface area contributed by atoms with Crippen LogP contribution >= 0.6 is 0 Å². The Morgan fingerprint density at radius 2 is 2.05 bits per heavy atom. The Morgan fingerprint density at radius 1 is 1.32 bits per heavy atom. The molecule has 0 radical (unpaired) electrons. The zero-order valence-electron chi connectivity index (χ0n) is 13.6. The lowest BCUT2D eigenvalue weighted by molar-refractivity contribution is -0.137. The molecule has 1 heterocycles. The topological polar surface area (TPSA) is 35.5 Å². The van der Waals surface area contributed by atoms with E-state index in [1.165, 1.54) is 6.08 Å². The normalized spacial score (nSPS) is 16.7. The summed E-state index contributed by atoms with van der Waals surface area (Å²) in [6.45, 7) is 8.11. The van der Waals surface area contributed by atoms with Gasteiger partial charge in [0.25, 0.3) is 0 Å². The van der Waals surface area contributed by atoms with E-state index in [1.807, 2.05) is 57.2 Å². The molecule has 2 rings (SSSR count). The van der Waals surface area contributed by atoms with Crippen LogP contribution in [0.4, 0.5) is 0 Å². The number of benzene rings is 1. The van der Waals surface area contributed by atoms with Crippen LogP contribution in [0, 0.1) is 0 Å². The van der Waals surface area contributed by atoms with Gasteiger partial charge in [-0.3, -0.25) is 0 Å². The summed E-state index contributed by atoms with van der Waals surface area (Å²) in [4.78, 5) is 11.4. The number of carbonyl (C=O) groups is 1. The van der Waals surface area contributed by atoms with E-state index in [0.717, 1.165) is 22.5 Å². The van der Waals surface area contributed by atoms with Crippen LogP contribution in [0.3, 0.4) is 0 Å². The van der Waals surface area contributed by atoms with E-state index < -0.39 is 5.60 Å². The van der Waals surface area contributed by atoms with Gasteiger partial charge in [-0.25, -0.2) is 4.79 Å². The predicted molar refractivity (Wildman–Crippen MR) is 88.7 cm³/mol. The second-order valence-electron chi connectivity index (χ2n) is 5.72. The summed E-state index contributed by atoms with van der Waals surface area (Å²) >= 11 is 0. The average Bonchev–Trinajstić information content (AvgIpc) is 2.44. The minimum Gasteiger partial charge on any atom is -0.483 e. The van der Waals surface area contributed by atoms with E-state index >= 15 is 0 Å². The molecule has 1 aromatic carbocycles. The van der Waals surface area contributed by atoms with Crippen LogP contribution in [0.2, 0.25) is 0 Å². The number of para-hydroxylation sites is 1. The Labute approximate surface area is 131 Å². The lowest BCUT2D eigenvalue weighted by Crippen LogP contribution is -2.32. The van der Waals surface area contributed by atoms with Crippen molar-refractivity contribution in [3.63, 3.8) is 0 Å². The third-order valence-corrected chi connectivity index (χ3v) is 3.45. The van der Waals surface area contributed by atoms with Gasteiger partial charge >= 0.3 is 5.97 Å². The largest absolute Gasteiger partial charge is 0.483 e. The van der Waals surface area contributed by atoms with Gasteiger partial charge in [-0.2, -0.15) is 0 Å². The Bertz CT molecular complexity index is 648. The van der Waals surface area contributed by atoms with Crippen molar-refractivity contribution in [2.45, 2.75) is 33.3 Å². The molecule has 3 nitrogen and oxygen atoms in total. The zero-order valence-corrected chi connectivity index (χ0v) is 13.6. The van der Waals surface area contributed by atoms with E-state index in [9.17, 15) is 4.79 Å². The molecule has 1 aromatic rings. The van der Waals surface area contributed by atoms with E-state index in [4.69, 9.17) is 9.47 Å². The third-order valence-electron chi connectivity index (χ3n) is 3.45.